The van der Waals surface area contributed by atoms with Crippen LogP contribution in [0.3, 0.4) is 0 Å². The zero-order valence-corrected chi connectivity index (χ0v) is 17.6. The van der Waals surface area contributed by atoms with Crippen molar-refractivity contribution in [3.8, 4) is 11.1 Å². The fourth-order valence-corrected chi connectivity index (χ4v) is 13.5. The molecular weight excluding hydrogens is 391 g/mol. The van der Waals surface area contributed by atoms with Crippen LogP contribution in [0.25, 0.3) is 11.1 Å². The standard InChI is InChI=1S/C13H9.C7H10.C5H5.Zr/c1-3-7-12-10(5-1)9-11-6-2-4-8-13(11)12;1-3-5-7-6-4-2;1-2-4-5-3-1;/h1-9H;3-4H,1-2,5-6H2;1-3H,4H2;. The Bertz CT molecular complexity index is 898. The number of rotatable bonds is 6. The average Bonchev–Trinajstić information content (AvgIpc) is 3.30. The molecule has 0 heterocycles. The molecule has 2 aromatic rings. The fraction of sp³-hybridized carbons (Fsp3) is 0.160. The van der Waals surface area contributed by atoms with Gasteiger partial charge in [-0.3, -0.25) is 0 Å². The van der Waals surface area contributed by atoms with Crippen LogP contribution in [0.2, 0.25) is 0 Å². The SMILES string of the molecule is C=CC[C](CC=C)=[Zr]([C]1=CC=CC1)[CH]1c2ccccc2-c2ccccc21. The summed E-state index contributed by atoms with van der Waals surface area (Å²) in [6, 6.07) is 18.1. The maximum absolute atomic E-state index is 4.05. The van der Waals surface area contributed by atoms with Crippen molar-refractivity contribution >= 4 is 3.21 Å². The molecule has 0 nitrogen and oxygen atoms in total. The van der Waals surface area contributed by atoms with E-state index >= 15 is 0 Å². The van der Waals surface area contributed by atoms with E-state index in [0.29, 0.717) is 3.63 Å². The van der Waals surface area contributed by atoms with Crippen molar-refractivity contribution in [1.82, 2.24) is 0 Å². The third kappa shape index (κ3) is 3.03. The van der Waals surface area contributed by atoms with E-state index in [4.69, 9.17) is 0 Å². The summed E-state index contributed by atoms with van der Waals surface area (Å²) in [6.45, 7) is 8.10. The summed E-state index contributed by atoms with van der Waals surface area (Å²) < 4.78 is 4.00. The summed E-state index contributed by atoms with van der Waals surface area (Å²) in [5.74, 6) is 0. The van der Waals surface area contributed by atoms with Gasteiger partial charge in [0.2, 0.25) is 0 Å². The first-order valence-corrected chi connectivity index (χ1v) is 13.2. The van der Waals surface area contributed by atoms with Gasteiger partial charge in [-0.25, -0.2) is 0 Å². The van der Waals surface area contributed by atoms with Gasteiger partial charge < -0.3 is 0 Å². The molecule has 0 fully saturated rings. The molecule has 0 amide bonds. The first kappa shape index (κ1) is 17.6. The van der Waals surface area contributed by atoms with Gasteiger partial charge in [0.15, 0.2) is 0 Å². The maximum atomic E-state index is 4.05. The third-order valence-corrected chi connectivity index (χ3v) is 13.8. The molecule has 2 aliphatic carbocycles. The van der Waals surface area contributed by atoms with Gasteiger partial charge in [-0.15, -0.1) is 0 Å². The van der Waals surface area contributed by atoms with Gasteiger partial charge in [-0.05, 0) is 0 Å². The second-order valence-electron chi connectivity index (χ2n) is 6.93. The van der Waals surface area contributed by atoms with Crippen LogP contribution in [0.4, 0.5) is 0 Å². The van der Waals surface area contributed by atoms with E-state index in [2.05, 4.69) is 92.1 Å². The Labute approximate surface area is 164 Å². The molecule has 0 bridgehead atoms. The van der Waals surface area contributed by atoms with Crippen LogP contribution in [0.15, 0.2) is 95.3 Å². The molecule has 2 aliphatic rings. The molecule has 26 heavy (non-hydrogen) atoms. The number of allylic oxidation sites excluding steroid dienone is 6. The van der Waals surface area contributed by atoms with E-state index in [9.17, 15) is 0 Å². The van der Waals surface area contributed by atoms with Gasteiger partial charge in [0.05, 0.1) is 0 Å². The molecule has 0 aromatic heterocycles. The first-order valence-electron chi connectivity index (χ1n) is 9.33. The molecule has 0 spiro atoms. The molecule has 0 radical (unpaired) electrons. The van der Waals surface area contributed by atoms with E-state index in [1.165, 1.54) is 11.1 Å². The third-order valence-electron chi connectivity index (χ3n) is 5.40. The minimum absolute atomic E-state index is 0.575. The van der Waals surface area contributed by atoms with E-state index in [-0.39, 0.29) is 0 Å². The van der Waals surface area contributed by atoms with Gasteiger partial charge in [-0.2, -0.15) is 0 Å². The van der Waals surface area contributed by atoms with Crippen LogP contribution in [-0.2, 0) is 21.3 Å². The Hall–Kier alpha value is -1.85. The average molecular weight is 416 g/mol. The van der Waals surface area contributed by atoms with Crippen molar-refractivity contribution in [2.24, 2.45) is 0 Å². The van der Waals surface area contributed by atoms with Gasteiger partial charge in [0.1, 0.15) is 0 Å². The molecule has 0 saturated heterocycles. The van der Waals surface area contributed by atoms with Crippen LogP contribution in [0.5, 0.6) is 0 Å². The van der Waals surface area contributed by atoms with E-state index in [1.54, 1.807) is 17.6 Å². The number of hydrogen-bond donors (Lipinski definition) is 0. The molecule has 0 saturated carbocycles. The summed E-state index contributed by atoms with van der Waals surface area (Å²) in [5, 5.41) is 0. The van der Waals surface area contributed by atoms with E-state index < -0.39 is 21.3 Å². The van der Waals surface area contributed by atoms with E-state index in [0.717, 1.165) is 19.3 Å². The second kappa shape index (κ2) is 7.81. The Kier molecular flexibility index (Phi) is 5.27. The van der Waals surface area contributed by atoms with Gasteiger partial charge in [0.25, 0.3) is 0 Å². The van der Waals surface area contributed by atoms with Crippen molar-refractivity contribution in [1.29, 1.82) is 0 Å². The second-order valence-corrected chi connectivity index (χ2v) is 13.7. The zero-order valence-electron chi connectivity index (χ0n) is 15.1. The molecule has 128 valence electrons. The zero-order chi connectivity index (χ0) is 17.9. The summed E-state index contributed by atoms with van der Waals surface area (Å²) >= 11 is -2.13. The molecule has 4 rings (SSSR count). The summed E-state index contributed by atoms with van der Waals surface area (Å²) in [5.41, 5.74) is 5.96. The number of benzene rings is 2. The predicted octanol–water partition coefficient (Wildman–Crippen LogP) is 6.54. The summed E-state index contributed by atoms with van der Waals surface area (Å²) in [7, 11) is 0. The van der Waals surface area contributed by atoms with Gasteiger partial charge in [-0.1, -0.05) is 0 Å². The molecule has 0 aliphatic heterocycles. The van der Waals surface area contributed by atoms with Crippen LogP contribution in [-0.4, -0.2) is 3.21 Å². The van der Waals surface area contributed by atoms with Crippen molar-refractivity contribution < 1.29 is 21.3 Å². The van der Waals surface area contributed by atoms with Gasteiger partial charge >= 0.3 is 165 Å². The van der Waals surface area contributed by atoms with Crippen molar-refractivity contribution in [2.75, 3.05) is 0 Å². The molecule has 0 unspecified atom stereocenters. The van der Waals surface area contributed by atoms with E-state index in [1.807, 2.05) is 0 Å². The Balaban J connectivity index is 1.98. The minimum atomic E-state index is -2.13. The molecule has 2 aromatic carbocycles. The van der Waals surface area contributed by atoms with Crippen molar-refractivity contribution in [3.63, 3.8) is 0 Å². The fourth-order valence-electron chi connectivity index (χ4n) is 4.38. The predicted molar refractivity (Wildman–Crippen MR) is 110 cm³/mol. The topological polar surface area (TPSA) is 0 Å². The Morgan fingerprint density at radius 2 is 1.50 bits per heavy atom. The normalized spacial score (nSPS) is 14.5. The Morgan fingerprint density at radius 3 is 2.00 bits per heavy atom. The van der Waals surface area contributed by atoms with Crippen LogP contribution in [0, 0.1) is 0 Å². The molecule has 0 N–H and O–H groups in total. The number of fused-ring (bicyclic) bond motifs is 3. The molecular formula is C25H24Zr. The van der Waals surface area contributed by atoms with Gasteiger partial charge in [0, 0.05) is 0 Å². The van der Waals surface area contributed by atoms with Crippen LogP contribution < -0.4 is 0 Å². The summed E-state index contributed by atoms with van der Waals surface area (Å²) in [6.07, 6.45) is 14.4. The Morgan fingerprint density at radius 1 is 0.923 bits per heavy atom. The summed E-state index contributed by atoms with van der Waals surface area (Å²) in [4.78, 5) is 0. The number of hydrogen-bond acceptors (Lipinski definition) is 0. The quantitative estimate of drug-likeness (QED) is 0.470. The van der Waals surface area contributed by atoms with Crippen LogP contribution >= 0.6 is 0 Å². The molecule has 0 atom stereocenters. The van der Waals surface area contributed by atoms with Crippen molar-refractivity contribution in [2.45, 2.75) is 22.9 Å². The monoisotopic (exact) mass is 414 g/mol. The van der Waals surface area contributed by atoms with Crippen molar-refractivity contribution in [3.05, 3.63) is 106 Å². The molecule has 1 heteroatoms. The first-order chi connectivity index (χ1) is 12.8. The van der Waals surface area contributed by atoms with Crippen LogP contribution in [0.1, 0.15) is 34.0 Å².